The van der Waals surface area contributed by atoms with Gasteiger partial charge in [0.1, 0.15) is 0 Å². The molecule has 0 aromatic heterocycles. The molecule has 2 saturated carbocycles. The van der Waals surface area contributed by atoms with Crippen LogP contribution in [0.25, 0.3) is 0 Å². The van der Waals surface area contributed by atoms with Crippen molar-refractivity contribution in [2.24, 2.45) is 5.92 Å². The van der Waals surface area contributed by atoms with Gasteiger partial charge in [-0.3, -0.25) is 4.79 Å². The smallest absolute Gasteiger partial charge is 0.306 e. The lowest BCUT2D eigenvalue weighted by molar-refractivity contribution is -0.142. The first-order valence-corrected chi connectivity index (χ1v) is 9.27. The van der Waals surface area contributed by atoms with Crippen LogP contribution in [0.4, 0.5) is 0 Å². The van der Waals surface area contributed by atoms with Crippen LogP contribution in [0.5, 0.6) is 0 Å². The number of carboxylic acid groups (broad SMARTS) is 1. The van der Waals surface area contributed by atoms with Crippen molar-refractivity contribution in [2.75, 3.05) is 0 Å². The monoisotopic (exact) mass is 315 g/mol. The van der Waals surface area contributed by atoms with Gasteiger partial charge in [-0.2, -0.15) is 0 Å². The summed E-state index contributed by atoms with van der Waals surface area (Å²) in [7, 11) is 0. The van der Waals surface area contributed by atoms with Gasteiger partial charge >= 0.3 is 5.97 Å². The minimum absolute atomic E-state index is 0.122. The Morgan fingerprint density at radius 2 is 1.61 bits per heavy atom. The number of nitrogens with one attached hydrogen (secondary N) is 1. The molecule has 2 fully saturated rings. The molecule has 2 aliphatic carbocycles. The number of hydrogen-bond donors (Lipinski definition) is 2. The van der Waals surface area contributed by atoms with E-state index in [0.717, 1.165) is 38.1 Å². The van der Waals surface area contributed by atoms with E-state index in [0.29, 0.717) is 6.04 Å². The molecule has 0 radical (unpaired) electrons. The van der Waals surface area contributed by atoms with Crippen molar-refractivity contribution in [3.63, 3.8) is 0 Å². The van der Waals surface area contributed by atoms with Crippen LogP contribution < -0.4 is 5.32 Å². The third-order valence-corrected chi connectivity index (χ3v) is 5.73. The van der Waals surface area contributed by atoms with E-state index in [9.17, 15) is 4.79 Å². The topological polar surface area (TPSA) is 49.3 Å². The van der Waals surface area contributed by atoms with Crippen LogP contribution >= 0.6 is 0 Å². The summed E-state index contributed by atoms with van der Waals surface area (Å²) in [6.07, 6.45) is 10.5. The van der Waals surface area contributed by atoms with Crippen molar-refractivity contribution in [2.45, 2.75) is 76.3 Å². The fourth-order valence-corrected chi connectivity index (χ4v) is 4.15. The van der Waals surface area contributed by atoms with Crippen LogP contribution in [0.15, 0.2) is 24.3 Å². The first kappa shape index (κ1) is 16.5. The lowest BCUT2D eigenvalue weighted by atomic mass is 9.84. The fraction of sp³-hybridized carbons (Fsp3) is 0.650. The minimum Gasteiger partial charge on any atom is -0.481 e. The largest absolute Gasteiger partial charge is 0.481 e. The highest BCUT2D eigenvalue weighted by Gasteiger charge is 2.25. The molecule has 23 heavy (non-hydrogen) atoms. The maximum atomic E-state index is 11.0. The minimum atomic E-state index is -0.623. The maximum absolute atomic E-state index is 11.0. The molecule has 126 valence electrons. The quantitative estimate of drug-likeness (QED) is 0.843. The molecular weight excluding hydrogens is 286 g/mol. The highest BCUT2D eigenvalue weighted by Crippen LogP contribution is 2.32. The van der Waals surface area contributed by atoms with Crippen LogP contribution in [-0.4, -0.2) is 17.1 Å². The third-order valence-electron chi connectivity index (χ3n) is 5.73. The Balaban J connectivity index is 1.45. The predicted molar refractivity (Wildman–Crippen MR) is 92.5 cm³/mol. The zero-order chi connectivity index (χ0) is 16.1. The van der Waals surface area contributed by atoms with Gasteiger partial charge in [0.15, 0.2) is 0 Å². The van der Waals surface area contributed by atoms with Gasteiger partial charge in [0.25, 0.3) is 0 Å². The van der Waals surface area contributed by atoms with E-state index in [4.69, 9.17) is 5.11 Å². The zero-order valence-corrected chi connectivity index (χ0v) is 14.0. The van der Waals surface area contributed by atoms with E-state index in [1.54, 1.807) is 0 Å². The Labute approximate surface area is 139 Å². The molecule has 1 aromatic carbocycles. The van der Waals surface area contributed by atoms with Crippen molar-refractivity contribution < 1.29 is 9.90 Å². The normalized spacial score (nSPS) is 26.1. The summed E-state index contributed by atoms with van der Waals surface area (Å²) in [6.45, 7) is 0.896. The lowest BCUT2D eigenvalue weighted by Crippen LogP contribution is -2.34. The summed E-state index contributed by atoms with van der Waals surface area (Å²) in [5.41, 5.74) is 2.85. The summed E-state index contributed by atoms with van der Waals surface area (Å²) < 4.78 is 0. The Hall–Kier alpha value is -1.35. The second-order valence-corrected chi connectivity index (χ2v) is 7.34. The molecule has 0 heterocycles. The second-order valence-electron chi connectivity index (χ2n) is 7.34. The second kappa shape index (κ2) is 7.96. The van der Waals surface area contributed by atoms with Gasteiger partial charge in [-0.15, -0.1) is 0 Å². The van der Waals surface area contributed by atoms with Crippen LogP contribution in [0.1, 0.15) is 74.8 Å². The Bertz CT molecular complexity index is 497. The predicted octanol–water partition coefficient (Wildman–Crippen LogP) is 4.47. The van der Waals surface area contributed by atoms with Gasteiger partial charge < -0.3 is 10.4 Å². The van der Waals surface area contributed by atoms with E-state index in [2.05, 4.69) is 29.6 Å². The van der Waals surface area contributed by atoms with E-state index in [1.807, 2.05) is 0 Å². The molecular formula is C20H29NO2. The summed E-state index contributed by atoms with van der Waals surface area (Å²) in [6, 6.07) is 9.63. The summed E-state index contributed by atoms with van der Waals surface area (Å²) >= 11 is 0. The lowest BCUT2D eigenvalue weighted by Gasteiger charge is -2.27. The molecule has 0 atom stereocenters. The average Bonchev–Trinajstić information content (AvgIpc) is 2.61. The average molecular weight is 315 g/mol. The van der Waals surface area contributed by atoms with Crippen molar-refractivity contribution >= 4 is 5.97 Å². The van der Waals surface area contributed by atoms with Crippen LogP contribution in [0.3, 0.4) is 0 Å². The van der Waals surface area contributed by atoms with Gasteiger partial charge in [-0.05, 0) is 55.6 Å². The first-order chi connectivity index (χ1) is 11.2. The SMILES string of the molecule is O=C(O)C1CCC(NCc2ccc(C3CCCCC3)cc2)CC1. The number of carbonyl (C=O) groups is 1. The van der Waals surface area contributed by atoms with Crippen LogP contribution in [0.2, 0.25) is 0 Å². The molecule has 0 unspecified atom stereocenters. The summed E-state index contributed by atoms with van der Waals surface area (Å²) in [5.74, 6) is 0.0293. The molecule has 2 N–H and O–H groups in total. The molecule has 0 bridgehead atoms. The molecule has 1 aromatic rings. The van der Waals surface area contributed by atoms with Crippen molar-refractivity contribution in [1.29, 1.82) is 0 Å². The van der Waals surface area contributed by atoms with Crippen molar-refractivity contribution in [3.05, 3.63) is 35.4 Å². The Morgan fingerprint density at radius 3 is 2.22 bits per heavy atom. The Morgan fingerprint density at radius 1 is 0.957 bits per heavy atom. The maximum Gasteiger partial charge on any atom is 0.306 e. The van der Waals surface area contributed by atoms with E-state index in [-0.39, 0.29) is 5.92 Å². The van der Waals surface area contributed by atoms with Crippen LogP contribution in [0, 0.1) is 5.92 Å². The molecule has 2 aliphatic rings. The molecule has 0 aliphatic heterocycles. The van der Waals surface area contributed by atoms with E-state index >= 15 is 0 Å². The number of carboxylic acids is 1. The third kappa shape index (κ3) is 4.57. The van der Waals surface area contributed by atoms with E-state index < -0.39 is 5.97 Å². The van der Waals surface area contributed by atoms with Crippen molar-refractivity contribution in [1.82, 2.24) is 5.32 Å². The number of benzene rings is 1. The molecule has 3 rings (SSSR count). The standard InChI is InChI=1S/C20H29NO2/c22-20(23)18-10-12-19(13-11-18)21-14-15-6-8-17(9-7-15)16-4-2-1-3-5-16/h6-9,16,18-19,21H,1-5,10-14H2,(H,22,23). The van der Waals surface area contributed by atoms with Gasteiger partial charge in [0.2, 0.25) is 0 Å². The van der Waals surface area contributed by atoms with Crippen LogP contribution in [-0.2, 0) is 11.3 Å². The Kier molecular flexibility index (Phi) is 5.71. The van der Waals surface area contributed by atoms with Gasteiger partial charge in [-0.1, -0.05) is 43.5 Å². The molecule has 0 saturated heterocycles. The van der Waals surface area contributed by atoms with Gasteiger partial charge in [-0.25, -0.2) is 0 Å². The molecule has 0 amide bonds. The summed E-state index contributed by atoms with van der Waals surface area (Å²) in [5, 5.41) is 12.6. The number of hydrogen-bond acceptors (Lipinski definition) is 2. The zero-order valence-electron chi connectivity index (χ0n) is 14.0. The van der Waals surface area contributed by atoms with Crippen molar-refractivity contribution in [3.8, 4) is 0 Å². The molecule has 0 spiro atoms. The fourth-order valence-electron chi connectivity index (χ4n) is 4.15. The van der Waals surface area contributed by atoms with Gasteiger partial charge in [0, 0.05) is 12.6 Å². The molecule has 3 heteroatoms. The molecule has 3 nitrogen and oxygen atoms in total. The number of aliphatic carboxylic acids is 1. The highest BCUT2D eigenvalue weighted by atomic mass is 16.4. The van der Waals surface area contributed by atoms with E-state index in [1.165, 1.54) is 43.2 Å². The summed E-state index contributed by atoms with van der Waals surface area (Å²) in [4.78, 5) is 11.0. The van der Waals surface area contributed by atoms with Gasteiger partial charge in [0.05, 0.1) is 5.92 Å². The first-order valence-electron chi connectivity index (χ1n) is 9.27. The highest BCUT2D eigenvalue weighted by molar-refractivity contribution is 5.70. The number of rotatable bonds is 5.